The molecule has 0 radical (unpaired) electrons. The van der Waals surface area contributed by atoms with Crippen LogP contribution in [0.3, 0.4) is 0 Å². The number of ether oxygens (including phenoxy) is 1. The zero-order valence-corrected chi connectivity index (χ0v) is 18.5. The summed E-state index contributed by atoms with van der Waals surface area (Å²) in [7, 11) is 0. The number of halogens is 3. The van der Waals surface area contributed by atoms with Crippen molar-refractivity contribution in [1.82, 2.24) is 5.32 Å². The van der Waals surface area contributed by atoms with Gasteiger partial charge in [0, 0.05) is 11.6 Å². The number of carbonyl (C=O) groups excluding carboxylic acids is 1. The predicted octanol–water partition coefficient (Wildman–Crippen LogP) is 6.45. The Hall–Kier alpha value is -2.97. The van der Waals surface area contributed by atoms with Gasteiger partial charge in [-0.3, -0.25) is 4.79 Å². The summed E-state index contributed by atoms with van der Waals surface area (Å²) in [5, 5.41) is 13.3. The molecule has 1 amide bonds. The Balaban J connectivity index is 1.71. The minimum Gasteiger partial charge on any atom is -0.486 e. The van der Waals surface area contributed by atoms with Crippen LogP contribution in [0.4, 0.5) is 0 Å². The highest BCUT2D eigenvalue weighted by atomic mass is 35.5. The molecule has 0 atom stereocenters. The monoisotopic (exact) mass is 470 g/mol. The van der Waals surface area contributed by atoms with Gasteiger partial charge >= 0.3 is 0 Å². The lowest BCUT2D eigenvalue weighted by Crippen LogP contribution is -2.23. The van der Waals surface area contributed by atoms with Crippen molar-refractivity contribution >= 4 is 46.8 Å². The van der Waals surface area contributed by atoms with Gasteiger partial charge in [-0.1, -0.05) is 77.3 Å². The van der Waals surface area contributed by atoms with E-state index in [0.29, 0.717) is 22.9 Å². The highest BCUT2D eigenvalue weighted by Gasteiger charge is 2.13. The number of nitriles is 1. The quantitative estimate of drug-likeness (QED) is 0.318. The molecule has 0 aliphatic heterocycles. The van der Waals surface area contributed by atoms with Gasteiger partial charge in [0.05, 0.1) is 10.0 Å². The van der Waals surface area contributed by atoms with Gasteiger partial charge in [-0.2, -0.15) is 5.26 Å². The summed E-state index contributed by atoms with van der Waals surface area (Å²) in [5.74, 6) is -0.174. The number of amides is 1. The summed E-state index contributed by atoms with van der Waals surface area (Å²) in [5.41, 5.74) is 2.25. The smallest absolute Gasteiger partial charge is 0.262 e. The molecule has 0 saturated carbocycles. The lowest BCUT2D eigenvalue weighted by Gasteiger charge is -2.11. The van der Waals surface area contributed by atoms with E-state index in [2.05, 4.69) is 5.32 Å². The fraction of sp³-hybridized carbons (Fsp3) is 0.0833. The van der Waals surface area contributed by atoms with E-state index < -0.39 is 5.91 Å². The molecule has 1 N–H and O–H groups in total. The maximum atomic E-state index is 12.4. The Morgan fingerprint density at radius 3 is 2.29 bits per heavy atom. The van der Waals surface area contributed by atoms with Gasteiger partial charge in [0.1, 0.15) is 18.2 Å². The first kappa shape index (κ1) is 22.7. The first-order valence-corrected chi connectivity index (χ1v) is 10.4. The average molecular weight is 472 g/mol. The summed E-state index contributed by atoms with van der Waals surface area (Å²) in [6, 6.07) is 21.8. The number of rotatable bonds is 7. The molecule has 0 heterocycles. The van der Waals surface area contributed by atoms with Gasteiger partial charge in [0.2, 0.25) is 0 Å². The van der Waals surface area contributed by atoms with Crippen LogP contribution in [0.25, 0.3) is 6.08 Å². The van der Waals surface area contributed by atoms with E-state index in [9.17, 15) is 10.1 Å². The van der Waals surface area contributed by atoms with Crippen molar-refractivity contribution < 1.29 is 9.53 Å². The van der Waals surface area contributed by atoms with Gasteiger partial charge in [-0.15, -0.1) is 0 Å². The standard InChI is InChI=1S/C24H17Cl3N2O2/c25-20-8-4-7-17(10-20)15-31-23-21(26)11-18(12-22(23)27)9-19(13-28)24(30)29-14-16-5-2-1-3-6-16/h1-12H,14-15H2,(H,29,30)/b19-9+. The van der Waals surface area contributed by atoms with Crippen LogP contribution < -0.4 is 10.1 Å². The first-order chi connectivity index (χ1) is 15.0. The maximum absolute atomic E-state index is 12.4. The van der Waals surface area contributed by atoms with Crippen molar-refractivity contribution in [2.75, 3.05) is 0 Å². The molecule has 3 aromatic carbocycles. The van der Waals surface area contributed by atoms with Gasteiger partial charge in [-0.25, -0.2) is 0 Å². The third-order valence-corrected chi connectivity index (χ3v) is 5.06. The van der Waals surface area contributed by atoms with Crippen molar-refractivity contribution in [3.63, 3.8) is 0 Å². The second kappa shape index (κ2) is 10.9. The van der Waals surface area contributed by atoms with Crippen LogP contribution in [0, 0.1) is 11.3 Å². The highest BCUT2D eigenvalue weighted by Crippen LogP contribution is 2.35. The molecule has 0 bridgehead atoms. The molecule has 156 valence electrons. The van der Waals surface area contributed by atoms with Crippen molar-refractivity contribution in [2.45, 2.75) is 13.2 Å². The summed E-state index contributed by atoms with van der Waals surface area (Å²) in [4.78, 5) is 12.4. The van der Waals surface area contributed by atoms with Crippen LogP contribution in [0.1, 0.15) is 16.7 Å². The molecule has 0 aliphatic carbocycles. The lowest BCUT2D eigenvalue weighted by atomic mass is 10.1. The summed E-state index contributed by atoms with van der Waals surface area (Å²) < 4.78 is 5.74. The fourth-order valence-corrected chi connectivity index (χ4v) is 3.60. The third-order valence-electron chi connectivity index (χ3n) is 4.26. The third kappa shape index (κ3) is 6.50. The summed E-state index contributed by atoms with van der Waals surface area (Å²) in [6.45, 7) is 0.553. The Morgan fingerprint density at radius 2 is 1.65 bits per heavy atom. The van der Waals surface area contributed by atoms with E-state index in [4.69, 9.17) is 39.5 Å². The van der Waals surface area contributed by atoms with E-state index in [1.807, 2.05) is 48.5 Å². The zero-order chi connectivity index (χ0) is 22.2. The van der Waals surface area contributed by atoms with Crippen LogP contribution in [0.2, 0.25) is 15.1 Å². The summed E-state index contributed by atoms with van der Waals surface area (Å²) >= 11 is 18.6. The normalized spacial score (nSPS) is 11.0. The SMILES string of the molecule is N#C/C(=C\c1cc(Cl)c(OCc2cccc(Cl)c2)c(Cl)c1)C(=O)NCc1ccccc1. The fourth-order valence-electron chi connectivity index (χ4n) is 2.77. The molecule has 0 saturated heterocycles. The van der Waals surface area contributed by atoms with Crippen LogP contribution in [-0.2, 0) is 17.9 Å². The molecule has 0 aliphatic rings. The molecule has 3 aromatic rings. The van der Waals surface area contributed by atoms with Gasteiger partial charge in [0.25, 0.3) is 5.91 Å². The zero-order valence-electron chi connectivity index (χ0n) is 16.2. The van der Waals surface area contributed by atoms with E-state index in [1.165, 1.54) is 6.08 Å². The van der Waals surface area contributed by atoms with E-state index in [0.717, 1.165) is 11.1 Å². The number of hydrogen-bond donors (Lipinski definition) is 1. The topological polar surface area (TPSA) is 62.1 Å². The summed E-state index contributed by atoms with van der Waals surface area (Å²) in [6.07, 6.45) is 1.43. The van der Waals surface area contributed by atoms with Crippen molar-refractivity contribution in [3.05, 3.63) is 104 Å². The van der Waals surface area contributed by atoms with Gasteiger partial charge in [0.15, 0.2) is 5.75 Å². The maximum Gasteiger partial charge on any atom is 0.262 e. The molecule has 7 heteroatoms. The number of carbonyl (C=O) groups is 1. The number of nitrogens with zero attached hydrogens (tertiary/aromatic N) is 1. The molecule has 0 unspecified atom stereocenters. The lowest BCUT2D eigenvalue weighted by molar-refractivity contribution is -0.117. The molecule has 0 aromatic heterocycles. The molecular weight excluding hydrogens is 455 g/mol. The van der Waals surface area contributed by atoms with Crippen LogP contribution in [0.5, 0.6) is 5.75 Å². The second-order valence-electron chi connectivity index (χ2n) is 6.57. The van der Waals surface area contributed by atoms with Gasteiger partial charge < -0.3 is 10.1 Å². The Kier molecular flexibility index (Phi) is 7.97. The minimum atomic E-state index is -0.486. The number of benzene rings is 3. The average Bonchev–Trinajstić information content (AvgIpc) is 2.76. The van der Waals surface area contributed by atoms with Crippen LogP contribution in [0.15, 0.2) is 72.3 Å². The Morgan fingerprint density at radius 1 is 0.968 bits per heavy atom. The van der Waals surface area contributed by atoms with Crippen LogP contribution in [-0.4, -0.2) is 5.91 Å². The van der Waals surface area contributed by atoms with Crippen molar-refractivity contribution in [1.29, 1.82) is 5.26 Å². The van der Waals surface area contributed by atoms with Crippen molar-refractivity contribution in [2.24, 2.45) is 0 Å². The number of hydrogen-bond acceptors (Lipinski definition) is 3. The van der Waals surface area contributed by atoms with E-state index >= 15 is 0 Å². The molecule has 4 nitrogen and oxygen atoms in total. The molecule has 3 rings (SSSR count). The van der Waals surface area contributed by atoms with Gasteiger partial charge in [-0.05, 0) is 47.0 Å². The minimum absolute atomic E-state index is 0.0596. The highest BCUT2D eigenvalue weighted by molar-refractivity contribution is 6.37. The number of nitrogens with one attached hydrogen (secondary N) is 1. The molecular formula is C24H17Cl3N2O2. The molecule has 31 heavy (non-hydrogen) atoms. The Labute approximate surface area is 195 Å². The van der Waals surface area contributed by atoms with E-state index in [1.54, 1.807) is 24.3 Å². The molecule has 0 fully saturated rings. The first-order valence-electron chi connectivity index (χ1n) is 9.26. The molecule has 0 spiro atoms. The second-order valence-corrected chi connectivity index (χ2v) is 7.82. The van der Waals surface area contributed by atoms with E-state index in [-0.39, 0.29) is 22.2 Å². The predicted molar refractivity (Wildman–Crippen MR) is 124 cm³/mol. The Bertz CT molecular complexity index is 1130. The van der Waals surface area contributed by atoms with Crippen molar-refractivity contribution in [3.8, 4) is 11.8 Å². The van der Waals surface area contributed by atoms with Crippen LogP contribution >= 0.6 is 34.8 Å². The largest absolute Gasteiger partial charge is 0.486 e.